The molecule has 5 heterocycles. The van der Waals surface area contributed by atoms with Crippen LogP contribution in [0.4, 0.5) is 17.1 Å². The van der Waals surface area contributed by atoms with Crippen molar-refractivity contribution in [2.45, 2.75) is 64.7 Å². The molecule has 4 heteroatoms. The molecular weight excluding hydrogens is 705 g/mol. The van der Waals surface area contributed by atoms with E-state index in [1.54, 1.807) is 0 Å². The number of benzene rings is 6. The number of hydrogen-bond donors (Lipinski definition) is 0. The monoisotopic (exact) mass is 755 g/mol. The lowest BCUT2D eigenvalue weighted by Gasteiger charge is -2.55. The highest BCUT2D eigenvalue weighted by atomic mass is 15.7. The molecule has 0 amide bonds. The lowest BCUT2D eigenvalue weighted by molar-refractivity contribution is 0.157. The van der Waals surface area contributed by atoms with Gasteiger partial charge in [-0.25, -0.2) is 4.98 Å². The molecule has 286 valence electrons. The third-order valence-electron chi connectivity index (χ3n) is 13.7. The van der Waals surface area contributed by atoms with Gasteiger partial charge in [-0.05, 0) is 92.1 Å². The van der Waals surface area contributed by atoms with Crippen LogP contribution in [0, 0.1) is 13.6 Å². The number of para-hydroxylation sites is 1. The second-order valence-electron chi connectivity index (χ2n) is 19.5. The van der Waals surface area contributed by atoms with Gasteiger partial charge in [0.2, 0.25) is 0 Å². The van der Waals surface area contributed by atoms with Crippen LogP contribution in [0.5, 0.6) is 0 Å². The van der Waals surface area contributed by atoms with E-state index in [2.05, 4.69) is 206 Å². The minimum absolute atomic E-state index is 0.0103. The maximum absolute atomic E-state index is 5.06. The zero-order chi connectivity index (χ0) is 40.0. The van der Waals surface area contributed by atoms with Crippen molar-refractivity contribution in [3.63, 3.8) is 0 Å². The van der Waals surface area contributed by atoms with Crippen LogP contribution in [0.25, 0.3) is 38.8 Å². The number of rotatable bonds is 4. The molecule has 2 bridgehead atoms. The summed E-state index contributed by atoms with van der Waals surface area (Å²) in [6, 6.07) is 53.5. The number of fused-ring (bicyclic) bond motifs is 6. The first-order chi connectivity index (χ1) is 27.7. The smallest absolute Gasteiger partial charge is 0.181 e. The molecule has 0 unspecified atom stereocenters. The summed E-state index contributed by atoms with van der Waals surface area (Å²) in [6.07, 6.45) is 1.98. The maximum Gasteiger partial charge on any atom is 0.181 e. The van der Waals surface area contributed by atoms with Gasteiger partial charge in [0, 0.05) is 41.2 Å². The van der Waals surface area contributed by atoms with Crippen LogP contribution in [0.3, 0.4) is 0 Å². The van der Waals surface area contributed by atoms with E-state index < -0.39 is 5.41 Å². The van der Waals surface area contributed by atoms with Crippen molar-refractivity contribution >= 4 is 38.9 Å². The molecule has 0 radical (unpaired) electrons. The highest BCUT2D eigenvalue weighted by Gasteiger charge is 2.60. The fraction of sp³-hybridized carbons (Fsp3) is 0.222. The highest BCUT2D eigenvalue weighted by molar-refractivity contribution is 6.09. The second kappa shape index (κ2) is 11.7. The Morgan fingerprint density at radius 1 is 0.603 bits per heavy atom. The Hall–Kier alpha value is -5.81. The van der Waals surface area contributed by atoms with Gasteiger partial charge in [0.05, 0.1) is 30.2 Å². The van der Waals surface area contributed by atoms with Crippen molar-refractivity contribution in [1.29, 1.82) is 0 Å². The molecule has 2 aromatic heterocycles. The minimum atomic E-state index is -0.587. The number of quaternary nitrogens is 2. The Bertz CT molecular complexity index is 2970. The Kier molecular flexibility index (Phi) is 7.10. The summed E-state index contributed by atoms with van der Waals surface area (Å²) >= 11 is 0. The Morgan fingerprint density at radius 3 is 1.97 bits per heavy atom. The lowest BCUT2D eigenvalue weighted by atomic mass is 9.66. The molecule has 6 aromatic carbocycles. The molecule has 4 aliphatic rings. The van der Waals surface area contributed by atoms with Gasteiger partial charge in [-0.2, -0.15) is 0 Å². The third-order valence-corrected chi connectivity index (χ3v) is 13.7. The van der Waals surface area contributed by atoms with Crippen LogP contribution in [0.2, 0.25) is 0 Å². The molecule has 0 spiro atoms. The third kappa shape index (κ3) is 4.67. The second-order valence-corrected chi connectivity index (χ2v) is 19.5. The average Bonchev–Trinajstić information content (AvgIpc) is 3.85. The molecular formula is C54H51N4+. The highest BCUT2D eigenvalue weighted by Crippen LogP contribution is 2.63. The Balaban J connectivity index is 1.25. The van der Waals surface area contributed by atoms with Gasteiger partial charge < -0.3 is 4.48 Å². The first kappa shape index (κ1) is 35.4. The molecule has 1 fully saturated rings. The van der Waals surface area contributed by atoms with E-state index in [4.69, 9.17) is 4.98 Å². The molecule has 3 aliphatic heterocycles. The molecule has 1 aliphatic carbocycles. The molecule has 4 nitrogen and oxygen atoms in total. The van der Waals surface area contributed by atoms with Crippen molar-refractivity contribution in [3.05, 3.63) is 191 Å². The quantitative estimate of drug-likeness (QED) is 0.129. The molecule has 0 N–H and O–H groups in total. The van der Waals surface area contributed by atoms with E-state index >= 15 is 0 Å². The Morgan fingerprint density at radius 2 is 1.26 bits per heavy atom. The number of nitrogens with zero attached hydrogens (tertiary/aromatic N) is 4. The molecule has 12 rings (SSSR count). The van der Waals surface area contributed by atoms with Gasteiger partial charge in [0.15, 0.2) is 18.0 Å². The first-order valence-electron chi connectivity index (χ1n) is 20.8. The minimum Gasteiger partial charge on any atom is -0.325 e. The van der Waals surface area contributed by atoms with E-state index in [9.17, 15) is 0 Å². The number of aromatic nitrogens is 2. The number of hydrogen-bond acceptors (Lipinski definition) is 1. The van der Waals surface area contributed by atoms with E-state index in [1.165, 1.54) is 88.9 Å². The van der Waals surface area contributed by atoms with Crippen molar-refractivity contribution < 1.29 is 0 Å². The number of pyridine rings is 1. The van der Waals surface area contributed by atoms with Crippen molar-refractivity contribution in [2.75, 3.05) is 13.7 Å². The topological polar surface area (TPSA) is 17.8 Å². The summed E-state index contributed by atoms with van der Waals surface area (Å²) in [6.45, 7) is 19.7. The van der Waals surface area contributed by atoms with Crippen LogP contribution in [-0.2, 0) is 16.2 Å². The van der Waals surface area contributed by atoms with Crippen LogP contribution in [0.15, 0.2) is 146 Å². The molecule has 1 saturated heterocycles. The van der Waals surface area contributed by atoms with Crippen molar-refractivity contribution in [1.82, 2.24) is 18.5 Å². The average molecular weight is 756 g/mol. The summed E-state index contributed by atoms with van der Waals surface area (Å²) in [5, 5.41) is 2.47. The molecule has 58 heavy (non-hydrogen) atoms. The summed E-state index contributed by atoms with van der Waals surface area (Å²) < 4.78 is 4.01. The summed E-state index contributed by atoms with van der Waals surface area (Å²) in [4.78, 5) is 5.06. The van der Waals surface area contributed by atoms with E-state index in [-0.39, 0.29) is 10.8 Å². The van der Waals surface area contributed by atoms with Gasteiger partial charge in [0.25, 0.3) is 0 Å². The van der Waals surface area contributed by atoms with Gasteiger partial charge in [-0.15, -0.1) is 0 Å². The fourth-order valence-electron chi connectivity index (χ4n) is 10.8. The predicted octanol–water partition coefficient (Wildman–Crippen LogP) is 13.1. The largest absolute Gasteiger partial charge is 0.325 e. The van der Waals surface area contributed by atoms with Gasteiger partial charge in [-0.3, -0.25) is 9.05 Å². The number of aryl methyl sites for hydroxylation is 1. The molecule has 8 aromatic rings. The van der Waals surface area contributed by atoms with Crippen LogP contribution >= 0.6 is 0 Å². The van der Waals surface area contributed by atoms with Crippen molar-refractivity contribution in [3.8, 4) is 16.9 Å². The predicted molar refractivity (Wildman–Crippen MR) is 243 cm³/mol. The van der Waals surface area contributed by atoms with Crippen LogP contribution in [0.1, 0.15) is 80.5 Å². The SMILES string of the molecule is Cc1ccc2c(c1)[N@@+]1(C)[CH-][N@+]2(c2cc(C(C)(C)C)cc(C3(c4ccc5c6ccccc6n(-c6cc(C(C)(C)C)ccn6)c5c4)c4ccccc4-c4ccccc43)c2)C1. The molecule has 0 saturated carbocycles. The zero-order valence-electron chi connectivity index (χ0n) is 34.9. The van der Waals surface area contributed by atoms with Gasteiger partial charge >= 0.3 is 0 Å². The first-order valence-corrected chi connectivity index (χ1v) is 20.8. The van der Waals surface area contributed by atoms with Gasteiger partial charge in [-0.1, -0.05) is 133 Å². The van der Waals surface area contributed by atoms with E-state index in [0.29, 0.717) is 0 Å². The van der Waals surface area contributed by atoms with Crippen LogP contribution < -0.4 is 8.97 Å². The summed E-state index contributed by atoms with van der Waals surface area (Å²) in [5.41, 5.74) is 17.6. The fourth-order valence-corrected chi connectivity index (χ4v) is 10.8. The van der Waals surface area contributed by atoms with Crippen LogP contribution in [-0.4, -0.2) is 23.3 Å². The zero-order valence-corrected chi connectivity index (χ0v) is 34.9. The summed E-state index contributed by atoms with van der Waals surface area (Å²) in [5.74, 6) is 0.947. The lowest BCUT2D eigenvalue weighted by Crippen LogP contribution is -2.68. The summed E-state index contributed by atoms with van der Waals surface area (Å²) in [7, 11) is 2.36. The van der Waals surface area contributed by atoms with E-state index in [0.717, 1.165) is 21.5 Å². The van der Waals surface area contributed by atoms with Crippen molar-refractivity contribution in [2.24, 2.45) is 0 Å². The standard InChI is InChI=1S/C54H51N4/c1-35-21-24-49-50(27-35)57(8)33-58(49,34-57)40-29-38(53(5,6)7)28-39(30-40)54(45-18-12-9-15-41(45)42-16-10-13-19-46(42)54)37-22-23-44-43-17-11-14-20-47(43)56(48(44)31-37)51-32-36(25-26-55-51)52(2,3)4/h9-33H,34H2,1-8H3/q+1/t57-,58+/m0/s1. The molecule has 2 atom stereocenters. The van der Waals surface area contributed by atoms with Gasteiger partial charge in [0.1, 0.15) is 11.5 Å². The maximum atomic E-state index is 5.06. The Labute approximate surface area is 342 Å². The normalized spacial score (nSPS) is 20.2. The van der Waals surface area contributed by atoms with E-state index in [1.807, 2.05) is 6.20 Å².